The van der Waals surface area contributed by atoms with Crippen LogP contribution in [0.2, 0.25) is 5.02 Å². The fourth-order valence-electron chi connectivity index (χ4n) is 3.51. The molecule has 1 aliphatic heterocycles. The molecule has 2 amide bonds. The number of amides is 2. The van der Waals surface area contributed by atoms with E-state index in [0.29, 0.717) is 48.4 Å². The maximum Gasteiger partial charge on any atom is 0.314 e. The van der Waals surface area contributed by atoms with Crippen molar-refractivity contribution in [1.29, 1.82) is 0 Å². The summed E-state index contributed by atoms with van der Waals surface area (Å²) >= 11 is 6.09. The minimum Gasteiger partial charge on any atom is -0.495 e. The Morgan fingerprint density at radius 1 is 1.00 bits per heavy atom. The summed E-state index contributed by atoms with van der Waals surface area (Å²) < 4.78 is 10.4. The van der Waals surface area contributed by atoms with Gasteiger partial charge in [-0.25, -0.2) is 0 Å². The summed E-state index contributed by atoms with van der Waals surface area (Å²) in [7, 11) is 2.93. The zero-order chi connectivity index (χ0) is 21.8. The first-order valence-corrected chi connectivity index (χ1v) is 10.1. The van der Waals surface area contributed by atoms with Crippen molar-refractivity contribution in [1.82, 2.24) is 4.90 Å². The van der Waals surface area contributed by atoms with Crippen LogP contribution in [0.1, 0.15) is 11.1 Å². The highest BCUT2D eigenvalue weighted by atomic mass is 35.5. The summed E-state index contributed by atoms with van der Waals surface area (Å²) in [5.74, 6) is -0.575. The van der Waals surface area contributed by atoms with E-state index in [4.69, 9.17) is 21.1 Å². The monoisotopic (exact) mass is 431 g/mol. The van der Waals surface area contributed by atoms with E-state index in [-0.39, 0.29) is 0 Å². The smallest absolute Gasteiger partial charge is 0.314 e. The normalized spacial score (nSPS) is 13.8. The summed E-state index contributed by atoms with van der Waals surface area (Å²) in [6.07, 6.45) is 0. The number of hydrogen-bond acceptors (Lipinski definition) is 5. The van der Waals surface area contributed by atoms with Crippen molar-refractivity contribution in [3.05, 3.63) is 46.5 Å². The maximum absolute atomic E-state index is 12.7. The molecule has 0 aliphatic carbocycles. The van der Waals surface area contributed by atoms with E-state index in [1.54, 1.807) is 4.90 Å². The lowest BCUT2D eigenvalue weighted by atomic mass is 10.1. The van der Waals surface area contributed by atoms with Gasteiger partial charge in [-0.1, -0.05) is 23.7 Å². The van der Waals surface area contributed by atoms with Crippen LogP contribution in [0.5, 0.6) is 11.5 Å². The predicted molar refractivity (Wildman–Crippen MR) is 118 cm³/mol. The summed E-state index contributed by atoms with van der Waals surface area (Å²) in [5.41, 5.74) is 3.96. The molecule has 30 heavy (non-hydrogen) atoms. The first kappa shape index (κ1) is 21.8. The van der Waals surface area contributed by atoms with Crippen LogP contribution in [-0.2, 0) is 9.59 Å². The number of carbonyl (C=O) groups is 2. The third-order valence-electron chi connectivity index (χ3n) is 5.40. The van der Waals surface area contributed by atoms with E-state index in [1.807, 2.05) is 6.07 Å². The Hall–Kier alpha value is -2.93. The van der Waals surface area contributed by atoms with Gasteiger partial charge in [0.1, 0.15) is 11.5 Å². The van der Waals surface area contributed by atoms with Crippen LogP contribution in [0.4, 0.5) is 11.4 Å². The Balaban J connectivity index is 1.65. The second kappa shape index (κ2) is 9.26. The van der Waals surface area contributed by atoms with Gasteiger partial charge in [-0.3, -0.25) is 9.59 Å². The van der Waals surface area contributed by atoms with Crippen LogP contribution in [0.25, 0.3) is 0 Å². The van der Waals surface area contributed by atoms with Crippen molar-refractivity contribution < 1.29 is 19.1 Å². The summed E-state index contributed by atoms with van der Waals surface area (Å²) in [4.78, 5) is 29.1. The molecule has 0 spiro atoms. The van der Waals surface area contributed by atoms with Gasteiger partial charge in [0.2, 0.25) is 0 Å². The largest absolute Gasteiger partial charge is 0.495 e. The first-order chi connectivity index (χ1) is 14.3. The molecule has 0 bridgehead atoms. The highest BCUT2D eigenvalue weighted by Gasteiger charge is 2.27. The summed E-state index contributed by atoms with van der Waals surface area (Å²) in [5, 5.41) is 2.96. The van der Waals surface area contributed by atoms with Gasteiger partial charge in [-0.2, -0.15) is 0 Å². The number of carbonyl (C=O) groups excluding carboxylic acids is 2. The number of nitrogens with one attached hydrogen (secondary N) is 1. The van der Waals surface area contributed by atoms with E-state index < -0.39 is 11.8 Å². The fraction of sp³-hybridized carbons (Fsp3) is 0.364. The Kier molecular flexibility index (Phi) is 6.72. The number of nitrogens with zero attached hydrogens (tertiary/aromatic N) is 2. The van der Waals surface area contributed by atoms with Gasteiger partial charge in [0, 0.05) is 44.0 Å². The molecule has 3 rings (SSSR count). The van der Waals surface area contributed by atoms with Crippen LogP contribution in [-0.4, -0.2) is 57.1 Å². The number of benzene rings is 2. The molecule has 1 aliphatic rings. The lowest BCUT2D eigenvalue weighted by molar-refractivity contribution is -0.143. The van der Waals surface area contributed by atoms with Crippen LogP contribution in [0.15, 0.2) is 30.3 Å². The SMILES string of the molecule is COc1cc(NC(=O)C(=O)N2CCN(c3cccc(C)c3C)CC2)c(OC)cc1Cl. The number of piperazine rings is 1. The van der Waals surface area contributed by atoms with Crippen molar-refractivity contribution in [2.24, 2.45) is 0 Å². The molecule has 2 aromatic rings. The highest BCUT2D eigenvalue weighted by Crippen LogP contribution is 2.35. The summed E-state index contributed by atoms with van der Waals surface area (Å²) in [6.45, 7) is 6.47. The van der Waals surface area contributed by atoms with E-state index >= 15 is 0 Å². The number of rotatable bonds is 4. The van der Waals surface area contributed by atoms with Crippen LogP contribution < -0.4 is 19.7 Å². The van der Waals surface area contributed by atoms with Crippen molar-refractivity contribution in [2.45, 2.75) is 13.8 Å². The molecule has 0 unspecified atom stereocenters. The number of anilines is 2. The van der Waals surface area contributed by atoms with Gasteiger partial charge in [0.25, 0.3) is 0 Å². The lowest BCUT2D eigenvalue weighted by Crippen LogP contribution is -2.51. The number of hydrogen-bond donors (Lipinski definition) is 1. The lowest BCUT2D eigenvalue weighted by Gasteiger charge is -2.36. The summed E-state index contributed by atoms with van der Waals surface area (Å²) in [6, 6.07) is 9.28. The predicted octanol–water partition coefficient (Wildman–Crippen LogP) is 3.26. The molecule has 0 radical (unpaired) electrons. The molecule has 0 aromatic heterocycles. The number of ether oxygens (including phenoxy) is 2. The number of aryl methyl sites for hydroxylation is 1. The third-order valence-corrected chi connectivity index (χ3v) is 5.70. The van der Waals surface area contributed by atoms with Gasteiger partial charge in [-0.05, 0) is 31.0 Å². The highest BCUT2D eigenvalue weighted by molar-refractivity contribution is 6.40. The Bertz CT molecular complexity index is 956. The minimum atomic E-state index is -0.724. The Labute approximate surface area is 181 Å². The van der Waals surface area contributed by atoms with Crippen LogP contribution >= 0.6 is 11.6 Å². The number of halogens is 1. The van der Waals surface area contributed by atoms with Crippen molar-refractivity contribution in [2.75, 3.05) is 50.6 Å². The van der Waals surface area contributed by atoms with Crippen molar-refractivity contribution >= 4 is 34.8 Å². The molecule has 1 N–H and O–H groups in total. The maximum atomic E-state index is 12.7. The van der Waals surface area contributed by atoms with Gasteiger partial charge in [0.05, 0.1) is 24.9 Å². The zero-order valence-electron chi connectivity index (χ0n) is 17.6. The van der Waals surface area contributed by atoms with Gasteiger partial charge < -0.3 is 24.6 Å². The molecular formula is C22H26ClN3O4. The molecule has 1 saturated heterocycles. The molecule has 0 atom stereocenters. The molecule has 8 heteroatoms. The second-order valence-electron chi connectivity index (χ2n) is 7.14. The fourth-order valence-corrected chi connectivity index (χ4v) is 3.74. The van der Waals surface area contributed by atoms with Crippen molar-refractivity contribution in [3.63, 3.8) is 0 Å². The average molecular weight is 432 g/mol. The van der Waals surface area contributed by atoms with Crippen molar-refractivity contribution in [3.8, 4) is 11.5 Å². The van der Waals surface area contributed by atoms with Gasteiger partial charge >= 0.3 is 11.8 Å². The minimum absolute atomic E-state index is 0.325. The molecule has 0 saturated carbocycles. The molecule has 1 fully saturated rings. The van der Waals surface area contributed by atoms with Gasteiger partial charge in [-0.15, -0.1) is 0 Å². The third kappa shape index (κ3) is 4.46. The average Bonchev–Trinajstić information content (AvgIpc) is 2.76. The Morgan fingerprint density at radius 2 is 1.67 bits per heavy atom. The van der Waals surface area contributed by atoms with E-state index in [2.05, 4.69) is 36.2 Å². The molecule has 160 valence electrons. The zero-order valence-corrected chi connectivity index (χ0v) is 18.4. The molecule has 1 heterocycles. The van der Waals surface area contributed by atoms with E-state index in [1.165, 1.54) is 43.2 Å². The quantitative estimate of drug-likeness (QED) is 0.752. The standard InChI is InChI=1S/C22H26ClN3O4/c1-14-6-5-7-18(15(14)2)25-8-10-26(11-9-25)22(28)21(27)24-17-13-19(29-3)16(23)12-20(17)30-4/h5-7,12-13H,8-11H2,1-4H3,(H,24,27). The molecule has 2 aromatic carbocycles. The topological polar surface area (TPSA) is 71.1 Å². The molecular weight excluding hydrogens is 406 g/mol. The first-order valence-electron chi connectivity index (χ1n) is 9.68. The molecule has 7 nitrogen and oxygen atoms in total. The van der Waals surface area contributed by atoms with Gasteiger partial charge in [0.15, 0.2) is 0 Å². The van der Waals surface area contributed by atoms with Crippen LogP contribution in [0, 0.1) is 13.8 Å². The van der Waals surface area contributed by atoms with E-state index in [9.17, 15) is 9.59 Å². The second-order valence-corrected chi connectivity index (χ2v) is 7.55. The Morgan fingerprint density at radius 3 is 2.30 bits per heavy atom. The van der Waals surface area contributed by atoms with E-state index in [0.717, 1.165) is 0 Å². The van der Waals surface area contributed by atoms with Crippen LogP contribution in [0.3, 0.4) is 0 Å². The number of methoxy groups -OCH3 is 2.